The number of allylic oxidation sites excluding steroid dienone is 2. The standard InChI is InChI=1S/C74H142O6/c1-4-7-10-13-16-19-22-25-28-30-31-32-33-34-35-36-37-38-39-40-41-42-43-45-46-49-52-55-58-61-64-67-73(76)79-70-71(69-78-72(75)66-63-60-57-54-51-48-27-24-21-18-15-12-9-6-3)80-74(77)68-65-62-59-56-53-50-47-44-29-26-23-20-17-14-11-8-5-2/h24,27,71H,4-23,25-26,28-70H2,1-3H3/b27-24-. The number of rotatable bonds is 69. The molecule has 0 radical (unpaired) electrons. The summed E-state index contributed by atoms with van der Waals surface area (Å²) in [7, 11) is 0. The van der Waals surface area contributed by atoms with Crippen LogP contribution in [0.4, 0.5) is 0 Å². The average molecular weight is 1130 g/mol. The molecule has 0 heterocycles. The molecule has 0 aromatic heterocycles. The Labute approximate surface area is 501 Å². The number of hydrogen-bond donors (Lipinski definition) is 0. The predicted octanol–water partition coefficient (Wildman–Crippen LogP) is 25.2. The van der Waals surface area contributed by atoms with Gasteiger partial charge < -0.3 is 14.2 Å². The van der Waals surface area contributed by atoms with Gasteiger partial charge in [0.1, 0.15) is 13.2 Å². The highest BCUT2D eigenvalue weighted by Crippen LogP contribution is 2.19. The largest absolute Gasteiger partial charge is 0.462 e. The summed E-state index contributed by atoms with van der Waals surface area (Å²) < 4.78 is 17.0. The average Bonchev–Trinajstić information content (AvgIpc) is 3.46. The van der Waals surface area contributed by atoms with E-state index in [-0.39, 0.29) is 31.1 Å². The number of unbranched alkanes of at least 4 members (excludes halogenated alkanes) is 56. The number of hydrogen-bond acceptors (Lipinski definition) is 6. The summed E-state index contributed by atoms with van der Waals surface area (Å²) in [6.07, 6.45) is 84.1. The second kappa shape index (κ2) is 69.6. The molecule has 1 atom stereocenters. The van der Waals surface area contributed by atoms with Gasteiger partial charge in [-0.3, -0.25) is 14.4 Å². The Hall–Kier alpha value is -1.85. The molecule has 0 saturated heterocycles. The minimum Gasteiger partial charge on any atom is -0.462 e. The molecule has 0 rings (SSSR count). The van der Waals surface area contributed by atoms with Gasteiger partial charge in [0.15, 0.2) is 6.10 Å². The van der Waals surface area contributed by atoms with Crippen molar-refractivity contribution in [2.75, 3.05) is 13.2 Å². The lowest BCUT2D eigenvalue weighted by Gasteiger charge is -2.18. The van der Waals surface area contributed by atoms with E-state index in [0.29, 0.717) is 19.3 Å². The summed E-state index contributed by atoms with van der Waals surface area (Å²) in [5.41, 5.74) is 0. The Kier molecular flexibility index (Phi) is 68.0. The van der Waals surface area contributed by atoms with E-state index < -0.39 is 6.10 Å². The number of carbonyl (C=O) groups is 3. The van der Waals surface area contributed by atoms with Gasteiger partial charge in [0.2, 0.25) is 0 Å². The third-order valence-corrected chi connectivity index (χ3v) is 17.0. The predicted molar refractivity (Wildman–Crippen MR) is 349 cm³/mol. The van der Waals surface area contributed by atoms with Crippen molar-refractivity contribution in [1.29, 1.82) is 0 Å². The van der Waals surface area contributed by atoms with Gasteiger partial charge in [-0.1, -0.05) is 373 Å². The van der Waals surface area contributed by atoms with Gasteiger partial charge in [0.05, 0.1) is 0 Å². The molecule has 0 aromatic carbocycles. The first kappa shape index (κ1) is 78.1. The highest BCUT2D eigenvalue weighted by Gasteiger charge is 2.20. The van der Waals surface area contributed by atoms with Crippen LogP contribution >= 0.6 is 0 Å². The van der Waals surface area contributed by atoms with E-state index in [2.05, 4.69) is 32.9 Å². The van der Waals surface area contributed by atoms with Crippen LogP contribution in [0.2, 0.25) is 0 Å². The first-order valence-corrected chi connectivity index (χ1v) is 36.7. The molecule has 0 aliphatic heterocycles. The third-order valence-electron chi connectivity index (χ3n) is 17.0. The van der Waals surface area contributed by atoms with Crippen molar-refractivity contribution in [3.8, 4) is 0 Å². The zero-order chi connectivity index (χ0) is 57.8. The fourth-order valence-electron chi connectivity index (χ4n) is 11.5. The molecule has 0 amide bonds. The number of esters is 3. The van der Waals surface area contributed by atoms with Gasteiger partial charge in [-0.15, -0.1) is 0 Å². The normalized spacial score (nSPS) is 12.0. The van der Waals surface area contributed by atoms with Crippen LogP contribution in [0.15, 0.2) is 12.2 Å². The van der Waals surface area contributed by atoms with Crippen molar-refractivity contribution in [2.45, 2.75) is 431 Å². The lowest BCUT2D eigenvalue weighted by Crippen LogP contribution is -2.30. The van der Waals surface area contributed by atoms with Crippen LogP contribution in [0.1, 0.15) is 425 Å². The summed E-state index contributed by atoms with van der Waals surface area (Å²) in [4.78, 5) is 38.4. The monoisotopic (exact) mass is 1130 g/mol. The second-order valence-corrected chi connectivity index (χ2v) is 25.2. The van der Waals surface area contributed by atoms with Crippen LogP contribution in [0.5, 0.6) is 0 Å². The summed E-state index contributed by atoms with van der Waals surface area (Å²) >= 11 is 0. The number of carbonyl (C=O) groups excluding carboxylic acids is 3. The Morgan fingerprint density at radius 3 is 0.625 bits per heavy atom. The van der Waals surface area contributed by atoms with Crippen LogP contribution in [0.25, 0.3) is 0 Å². The lowest BCUT2D eigenvalue weighted by molar-refractivity contribution is -0.167. The van der Waals surface area contributed by atoms with Crippen molar-refractivity contribution in [2.24, 2.45) is 0 Å². The Bertz CT molecular complexity index is 1250. The van der Waals surface area contributed by atoms with Gasteiger partial charge in [0.25, 0.3) is 0 Å². The molecule has 0 aliphatic rings. The van der Waals surface area contributed by atoms with Crippen molar-refractivity contribution in [3.05, 3.63) is 12.2 Å². The highest BCUT2D eigenvalue weighted by atomic mass is 16.6. The molecule has 0 saturated carbocycles. The quantitative estimate of drug-likeness (QED) is 0.0261. The maximum atomic E-state index is 12.9. The smallest absolute Gasteiger partial charge is 0.306 e. The van der Waals surface area contributed by atoms with Gasteiger partial charge in [0, 0.05) is 19.3 Å². The number of ether oxygens (including phenoxy) is 3. The van der Waals surface area contributed by atoms with Crippen molar-refractivity contribution in [1.82, 2.24) is 0 Å². The van der Waals surface area contributed by atoms with Crippen LogP contribution in [0, 0.1) is 0 Å². The molecule has 1 unspecified atom stereocenters. The lowest BCUT2D eigenvalue weighted by atomic mass is 10.0. The molecular weight excluding hydrogens is 985 g/mol. The first-order valence-electron chi connectivity index (χ1n) is 36.7. The van der Waals surface area contributed by atoms with Crippen LogP contribution in [-0.4, -0.2) is 37.2 Å². The highest BCUT2D eigenvalue weighted by molar-refractivity contribution is 5.71. The van der Waals surface area contributed by atoms with Crippen molar-refractivity contribution in [3.63, 3.8) is 0 Å². The maximum Gasteiger partial charge on any atom is 0.306 e. The van der Waals surface area contributed by atoms with Gasteiger partial charge in [-0.25, -0.2) is 0 Å². The molecule has 0 N–H and O–H groups in total. The zero-order valence-electron chi connectivity index (χ0n) is 54.6. The van der Waals surface area contributed by atoms with E-state index in [0.717, 1.165) is 64.2 Å². The first-order chi connectivity index (χ1) is 39.5. The van der Waals surface area contributed by atoms with E-state index in [9.17, 15) is 14.4 Å². The van der Waals surface area contributed by atoms with Crippen molar-refractivity contribution >= 4 is 17.9 Å². The summed E-state index contributed by atoms with van der Waals surface area (Å²) in [6.45, 7) is 6.72. The molecule has 80 heavy (non-hydrogen) atoms. The minimum atomic E-state index is -0.770. The van der Waals surface area contributed by atoms with Crippen LogP contribution in [-0.2, 0) is 28.6 Å². The molecule has 0 aromatic rings. The van der Waals surface area contributed by atoms with E-state index >= 15 is 0 Å². The molecule has 6 nitrogen and oxygen atoms in total. The van der Waals surface area contributed by atoms with E-state index in [4.69, 9.17) is 14.2 Å². The van der Waals surface area contributed by atoms with Crippen molar-refractivity contribution < 1.29 is 28.6 Å². The minimum absolute atomic E-state index is 0.0657. The molecule has 0 fully saturated rings. The van der Waals surface area contributed by atoms with E-state index in [1.165, 1.54) is 321 Å². The van der Waals surface area contributed by atoms with Crippen LogP contribution < -0.4 is 0 Å². The topological polar surface area (TPSA) is 78.9 Å². The second-order valence-electron chi connectivity index (χ2n) is 25.2. The Morgan fingerprint density at radius 1 is 0.237 bits per heavy atom. The maximum absolute atomic E-state index is 12.9. The molecule has 474 valence electrons. The molecule has 0 bridgehead atoms. The zero-order valence-corrected chi connectivity index (χ0v) is 54.6. The fraction of sp³-hybridized carbons (Fsp3) is 0.932. The summed E-state index contributed by atoms with van der Waals surface area (Å²) in [5, 5.41) is 0. The summed E-state index contributed by atoms with van der Waals surface area (Å²) in [5.74, 6) is -0.839. The molecule has 0 aliphatic carbocycles. The van der Waals surface area contributed by atoms with E-state index in [1.54, 1.807) is 0 Å². The van der Waals surface area contributed by atoms with Gasteiger partial charge in [-0.2, -0.15) is 0 Å². The Balaban J connectivity index is 4.12. The van der Waals surface area contributed by atoms with Gasteiger partial charge in [-0.05, 0) is 44.9 Å². The fourth-order valence-corrected chi connectivity index (χ4v) is 11.5. The molecule has 0 spiro atoms. The summed E-state index contributed by atoms with van der Waals surface area (Å²) in [6, 6.07) is 0. The molecule has 6 heteroatoms. The molecular formula is C74H142O6. The van der Waals surface area contributed by atoms with E-state index in [1.807, 2.05) is 0 Å². The SMILES string of the molecule is CCCCCCC/C=C\CCCCCCCC(=O)OCC(COC(=O)CCCCCCCCCCCCCCCCCCCCCCCCCCCCCCCCC)OC(=O)CCCCCCCCCCCCCCCCCCC. The third kappa shape index (κ3) is 66.9. The van der Waals surface area contributed by atoms with Gasteiger partial charge >= 0.3 is 17.9 Å². The Morgan fingerprint density at radius 2 is 0.412 bits per heavy atom. The van der Waals surface area contributed by atoms with Crippen LogP contribution in [0.3, 0.4) is 0 Å².